The number of hydrogen-bond donors (Lipinski definition) is 1. The van der Waals surface area contributed by atoms with Gasteiger partial charge in [0, 0.05) is 21.6 Å². The number of thiazole rings is 1. The van der Waals surface area contributed by atoms with Gasteiger partial charge in [-0.25, -0.2) is 4.98 Å². The van der Waals surface area contributed by atoms with Crippen LogP contribution in [0, 0.1) is 10.1 Å². The molecule has 18 heavy (non-hydrogen) atoms. The molecule has 0 aliphatic carbocycles. The summed E-state index contributed by atoms with van der Waals surface area (Å²) in [4.78, 5) is 15.3. The van der Waals surface area contributed by atoms with Gasteiger partial charge in [0.25, 0.3) is 5.69 Å². The maximum absolute atomic E-state index is 10.9. The summed E-state index contributed by atoms with van der Waals surface area (Å²) in [5.41, 5.74) is 0.493. The number of benzene rings is 1. The van der Waals surface area contributed by atoms with E-state index in [9.17, 15) is 10.1 Å². The summed E-state index contributed by atoms with van der Waals surface area (Å²) >= 11 is 10.3. The lowest BCUT2D eigenvalue weighted by molar-refractivity contribution is -0.384. The molecule has 0 radical (unpaired) electrons. The van der Waals surface area contributed by atoms with Gasteiger partial charge in [-0.05, 0) is 12.1 Å². The summed E-state index contributed by atoms with van der Waals surface area (Å²) in [5.74, 6) is 0. The molecule has 1 aromatic carbocycles. The van der Waals surface area contributed by atoms with E-state index in [0.29, 0.717) is 21.2 Å². The summed E-state index contributed by atoms with van der Waals surface area (Å²) in [6, 6.07) is 4.86. The van der Waals surface area contributed by atoms with Crippen LogP contribution in [0.15, 0.2) is 28.9 Å². The molecular weight excluding hydrogens is 342 g/mol. The number of nitro groups is 1. The van der Waals surface area contributed by atoms with Crippen molar-refractivity contribution in [3.63, 3.8) is 0 Å². The first kappa shape index (κ1) is 13.3. The van der Waals surface area contributed by atoms with Crippen molar-refractivity contribution in [3.05, 3.63) is 48.3 Å². The van der Waals surface area contributed by atoms with Crippen LogP contribution in [0.4, 0.5) is 11.4 Å². The van der Waals surface area contributed by atoms with Crippen molar-refractivity contribution in [1.82, 2.24) is 4.98 Å². The van der Waals surface area contributed by atoms with Crippen LogP contribution in [0.3, 0.4) is 0 Å². The molecule has 5 nitrogen and oxygen atoms in total. The van der Waals surface area contributed by atoms with E-state index in [4.69, 9.17) is 11.6 Å². The van der Waals surface area contributed by atoms with Crippen LogP contribution >= 0.6 is 38.9 Å². The quantitative estimate of drug-likeness (QED) is 0.668. The Bertz CT molecular complexity index is 590. The van der Waals surface area contributed by atoms with Gasteiger partial charge >= 0.3 is 0 Å². The van der Waals surface area contributed by atoms with E-state index in [0.717, 1.165) is 4.88 Å². The van der Waals surface area contributed by atoms with Crippen LogP contribution in [-0.2, 0) is 6.54 Å². The Balaban J connectivity index is 2.16. The summed E-state index contributed by atoms with van der Waals surface area (Å²) in [6.45, 7) is 0.451. The van der Waals surface area contributed by atoms with Crippen molar-refractivity contribution in [2.45, 2.75) is 6.54 Å². The number of halogens is 2. The molecular formula is C10H7BrClN3O2S. The number of rotatable bonds is 4. The summed E-state index contributed by atoms with van der Waals surface area (Å²) in [5, 5.41) is 13.9. The highest BCUT2D eigenvalue weighted by atomic mass is 79.9. The van der Waals surface area contributed by atoms with Crippen LogP contribution in [0.1, 0.15) is 4.88 Å². The smallest absolute Gasteiger partial charge is 0.293 e. The monoisotopic (exact) mass is 347 g/mol. The van der Waals surface area contributed by atoms with Crippen molar-refractivity contribution in [3.8, 4) is 0 Å². The second kappa shape index (κ2) is 5.64. The number of nitrogens with zero attached hydrogens (tertiary/aromatic N) is 2. The molecule has 94 valence electrons. The molecule has 8 heteroatoms. The minimum Gasteiger partial charge on any atom is -0.375 e. The predicted molar refractivity (Wildman–Crippen MR) is 75.2 cm³/mol. The van der Waals surface area contributed by atoms with Crippen LogP contribution < -0.4 is 5.32 Å². The molecule has 0 aliphatic rings. The molecule has 0 saturated carbocycles. The Morgan fingerprint density at radius 1 is 1.56 bits per heavy atom. The molecule has 0 spiro atoms. The Hall–Kier alpha value is -1.18. The molecule has 1 N–H and O–H groups in total. The minimum atomic E-state index is -0.424. The Labute approximate surface area is 120 Å². The minimum absolute atomic E-state index is 0.0278. The van der Waals surface area contributed by atoms with E-state index < -0.39 is 4.92 Å². The molecule has 0 saturated heterocycles. The lowest BCUT2D eigenvalue weighted by Gasteiger charge is -2.05. The SMILES string of the molecule is O=[N+]([O-])c1cc(Br)ccc1NCc1cnc(Cl)s1. The average molecular weight is 349 g/mol. The maximum atomic E-state index is 10.9. The van der Waals surface area contributed by atoms with Gasteiger partial charge in [0.15, 0.2) is 4.47 Å². The molecule has 2 aromatic rings. The maximum Gasteiger partial charge on any atom is 0.293 e. The molecule has 1 heterocycles. The second-order valence-corrected chi connectivity index (χ2v) is 5.96. The first-order chi connectivity index (χ1) is 8.56. The van der Waals surface area contributed by atoms with E-state index in [1.54, 1.807) is 18.3 Å². The topological polar surface area (TPSA) is 68.1 Å². The first-order valence-electron chi connectivity index (χ1n) is 4.84. The zero-order valence-electron chi connectivity index (χ0n) is 8.89. The standard InChI is InChI=1S/C10H7BrClN3O2S/c11-6-1-2-8(9(3-6)15(16)17)13-4-7-5-14-10(12)18-7/h1-3,5,13H,4H2. The fraction of sp³-hybridized carbons (Fsp3) is 0.100. The number of aromatic nitrogens is 1. The average Bonchev–Trinajstić information content (AvgIpc) is 2.73. The van der Waals surface area contributed by atoms with Crippen LogP contribution in [-0.4, -0.2) is 9.91 Å². The molecule has 0 bridgehead atoms. The van der Waals surface area contributed by atoms with Crippen LogP contribution in [0.5, 0.6) is 0 Å². The van der Waals surface area contributed by atoms with E-state index in [2.05, 4.69) is 26.2 Å². The van der Waals surface area contributed by atoms with Gasteiger partial charge in [-0.3, -0.25) is 10.1 Å². The summed E-state index contributed by atoms with van der Waals surface area (Å²) in [6.07, 6.45) is 1.64. The van der Waals surface area contributed by atoms with E-state index >= 15 is 0 Å². The lowest BCUT2D eigenvalue weighted by Crippen LogP contribution is -2.01. The van der Waals surface area contributed by atoms with Crippen LogP contribution in [0.25, 0.3) is 0 Å². The predicted octanol–water partition coefficient (Wildman–Crippen LogP) is 4.08. The molecule has 0 amide bonds. The summed E-state index contributed by atoms with van der Waals surface area (Å²) < 4.78 is 1.12. The number of anilines is 1. The highest BCUT2D eigenvalue weighted by Gasteiger charge is 2.14. The van der Waals surface area contributed by atoms with E-state index in [1.165, 1.54) is 17.4 Å². The first-order valence-corrected chi connectivity index (χ1v) is 6.83. The van der Waals surface area contributed by atoms with Crippen molar-refractivity contribution in [1.29, 1.82) is 0 Å². The Morgan fingerprint density at radius 2 is 2.33 bits per heavy atom. The van der Waals surface area contributed by atoms with Gasteiger partial charge in [-0.2, -0.15) is 0 Å². The van der Waals surface area contributed by atoms with Crippen molar-refractivity contribution >= 4 is 50.2 Å². The fourth-order valence-corrected chi connectivity index (χ4v) is 2.62. The normalized spacial score (nSPS) is 10.3. The van der Waals surface area contributed by atoms with Gasteiger partial charge < -0.3 is 5.32 Å². The van der Waals surface area contributed by atoms with Gasteiger partial charge in [0.1, 0.15) is 5.69 Å². The zero-order chi connectivity index (χ0) is 13.1. The highest BCUT2D eigenvalue weighted by Crippen LogP contribution is 2.29. The third kappa shape index (κ3) is 3.18. The molecule has 0 unspecified atom stereocenters. The van der Waals surface area contributed by atoms with Gasteiger partial charge in [-0.15, -0.1) is 11.3 Å². The Morgan fingerprint density at radius 3 is 2.94 bits per heavy atom. The van der Waals surface area contributed by atoms with Gasteiger partial charge in [0.2, 0.25) is 0 Å². The lowest BCUT2D eigenvalue weighted by atomic mass is 10.2. The van der Waals surface area contributed by atoms with E-state index in [-0.39, 0.29) is 5.69 Å². The highest BCUT2D eigenvalue weighted by molar-refractivity contribution is 9.10. The zero-order valence-corrected chi connectivity index (χ0v) is 12.1. The number of nitro benzene ring substituents is 1. The molecule has 0 aliphatic heterocycles. The number of nitrogens with one attached hydrogen (secondary N) is 1. The van der Waals surface area contributed by atoms with E-state index in [1.807, 2.05) is 0 Å². The largest absolute Gasteiger partial charge is 0.375 e. The molecule has 1 aromatic heterocycles. The second-order valence-electron chi connectivity index (χ2n) is 3.35. The number of hydrogen-bond acceptors (Lipinski definition) is 5. The third-order valence-corrected chi connectivity index (χ3v) is 3.74. The Kier molecular flexibility index (Phi) is 4.15. The molecule has 2 rings (SSSR count). The third-order valence-electron chi connectivity index (χ3n) is 2.13. The van der Waals surface area contributed by atoms with Gasteiger partial charge in [-0.1, -0.05) is 27.5 Å². The fourth-order valence-electron chi connectivity index (χ4n) is 1.35. The summed E-state index contributed by atoms with van der Waals surface area (Å²) in [7, 11) is 0. The van der Waals surface area contributed by atoms with Gasteiger partial charge in [0.05, 0.1) is 11.5 Å². The van der Waals surface area contributed by atoms with Crippen molar-refractivity contribution in [2.75, 3.05) is 5.32 Å². The van der Waals surface area contributed by atoms with Crippen molar-refractivity contribution in [2.24, 2.45) is 0 Å². The van der Waals surface area contributed by atoms with Crippen molar-refractivity contribution < 1.29 is 4.92 Å². The molecule has 0 atom stereocenters. The van der Waals surface area contributed by atoms with Crippen LogP contribution in [0.2, 0.25) is 4.47 Å². The molecule has 0 fully saturated rings.